The predicted molar refractivity (Wildman–Crippen MR) is 350 cm³/mol. The van der Waals surface area contributed by atoms with Crippen molar-refractivity contribution >= 4 is 23.9 Å². The van der Waals surface area contributed by atoms with Crippen LogP contribution < -0.4 is 0 Å². The Labute approximate surface area is 521 Å². The molecule has 0 bridgehead atoms. The summed E-state index contributed by atoms with van der Waals surface area (Å²) in [6.07, 6.45) is 62.4. The van der Waals surface area contributed by atoms with Gasteiger partial charge in [-0.2, -0.15) is 0 Å². The number of unbranched alkanes of at least 4 members (excludes halogenated alkanes) is 43. The number of carbonyl (C=O) groups is 4. The van der Waals surface area contributed by atoms with Crippen LogP contribution in [0.25, 0.3) is 0 Å². The Morgan fingerprint density at radius 2 is 0.706 bits per heavy atom. The molecule has 1 aliphatic rings. The number of allylic oxidation sites excluding steroid dienone is 6. The summed E-state index contributed by atoms with van der Waals surface area (Å²) in [4.78, 5) is 51.5. The summed E-state index contributed by atoms with van der Waals surface area (Å²) in [6.45, 7) is 6.04. The number of aliphatic hydroxyl groups excluding tert-OH is 2. The van der Waals surface area contributed by atoms with E-state index in [4.69, 9.17) is 23.7 Å². The first kappa shape index (κ1) is 80.0. The molecule has 12 nitrogen and oxygen atoms in total. The Bertz CT molecular complexity index is 1610. The molecule has 0 aromatic carbocycles. The van der Waals surface area contributed by atoms with Crippen LogP contribution in [0, 0.1) is 0 Å². The minimum atomic E-state index is -1.90. The highest BCUT2D eigenvalue weighted by Gasteiger charge is 2.50. The summed E-state index contributed by atoms with van der Waals surface area (Å²) in [5, 5.41) is 31.7. The Kier molecular flexibility index (Phi) is 57.6. The van der Waals surface area contributed by atoms with Gasteiger partial charge in [0, 0.05) is 19.3 Å². The molecular formula is C73H132O12. The van der Waals surface area contributed by atoms with Crippen molar-refractivity contribution in [3.63, 3.8) is 0 Å². The van der Waals surface area contributed by atoms with Gasteiger partial charge < -0.3 is 39.0 Å². The molecule has 0 aromatic rings. The van der Waals surface area contributed by atoms with Gasteiger partial charge in [0.2, 0.25) is 0 Å². The number of carboxylic acids is 1. The monoisotopic (exact) mass is 1200 g/mol. The summed E-state index contributed by atoms with van der Waals surface area (Å²) >= 11 is 0. The van der Waals surface area contributed by atoms with E-state index in [1.807, 2.05) is 0 Å². The first-order chi connectivity index (χ1) is 41.6. The van der Waals surface area contributed by atoms with Crippen LogP contribution in [0.15, 0.2) is 36.5 Å². The second-order valence-corrected chi connectivity index (χ2v) is 24.9. The van der Waals surface area contributed by atoms with Crippen LogP contribution >= 0.6 is 0 Å². The predicted octanol–water partition coefficient (Wildman–Crippen LogP) is 19.9. The van der Waals surface area contributed by atoms with Gasteiger partial charge in [-0.1, -0.05) is 295 Å². The van der Waals surface area contributed by atoms with Crippen molar-refractivity contribution in [2.24, 2.45) is 0 Å². The van der Waals surface area contributed by atoms with E-state index in [1.165, 1.54) is 205 Å². The molecule has 3 N–H and O–H groups in total. The van der Waals surface area contributed by atoms with Gasteiger partial charge in [0.05, 0.1) is 6.61 Å². The van der Waals surface area contributed by atoms with Crippen molar-refractivity contribution in [2.45, 2.75) is 391 Å². The van der Waals surface area contributed by atoms with Crippen LogP contribution in [-0.2, 0) is 42.9 Å². The summed E-state index contributed by atoms with van der Waals surface area (Å²) in [5.41, 5.74) is 0. The molecule has 1 aliphatic heterocycles. The molecule has 1 rings (SSSR count). The summed E-state index contributed by atoms with van der Waals surface area (Å²) in [6, 6.07) is 0. The van der Waals surface area contributed by atoms with E-state index in [0.717, 1.165) is 89.9 Å². The number of ether oxygens (including phenoxy) is 5. The normalized spacial score (nSPS) is 17.6. The van der Waals surface area contributed by atoms with E-state index in [-0.39, 0.29) is 25.9 Å². The lowest BCUT2D eigenvalue weighted by Crippen LogP contribution is -2.61. The van der Waals surface area contributed by atoms with E-state index < -0.39 is 67.3 Å². The van der Waals surface area contributed by atoms with Crippen molar-refractivity contribution in [3.8, 4) is 0 Å². The second kappa shape index (κ2) is 61.2. The van der Waals surface area contributed by atoms with Gasteiger partial charge in [-0.3, -0.25) is 14.4 Å². The number of esters is 3. The minimum Gasteiger partial charge on any atom is -0.479 e. The number of carboxylic acid groups (broad SMARTS) is 1. The van der Waals surface area contributed by atoms with Gasteiger partial charge in [-0.05, 0) is 77.0 Å². The largest absolute Gasteiger partial charge is 0.479 e. The zero-order chi connectivity index (χ0) is 61.7. The molecule has 6 unspecified atom stereocenters. The number of rotatable bonds is 63. The molecule has 85 heavy (non-hydrogen) atoms. The van der Waals surface area contributed by atoms with Crippen molar-refractivity contribution in [2.75, 3.05) is 13.2 Å². The van der Waals surface area contributed by atoms with Gasteiger partial charge >= 0.3 is 23.9 Å². The number of hydrogen-bond acceptors (Lipinski definition) is 11. The lowest BCUT2D eigenvalue weighted by molar-refractivity contribution is -0.301. The van der Waals surface area contributed by atoms with Crippen LogP contribution in [0.5, 0.6) is 0 Å². The van der Waals surface area contributed by atoms with E-state index in [2.05, 4.69) is 57.2 Å². The number of aliphatic hydroxyl groups is 2. The second-order valence-electron chi connectivity index (χ2n) is 24.9. The van der Waals surface area contributed by atoms with Crippen LogP contribution in [0.4, 0.5) is 0 Å². The number of aliphatic carboxylic acids is 1. The average molecular weight is 1200 g/mol. The topological polar surface area (TPSA) is 175 Å². The standard InChI is InChI=1S/C73H132O12/c1-4-7-10-13-16-19-22-25-28-31-33-36-38-41-44-47-50-53-56-59-65(74)81-62-64(83-66(75)60-57-54-51-48-45-42-39-35-30-27-24-21-18-15-12-9-6-3)63-82-73-71(69(78)68(77)70(85-73)72(79)80)84-67(76)61-58-55-52-49-46-43-40-37-34-32-29-26-23-20-17-14-11-8-5-2/h18,21,26-27,29-30,64,68-71,73,77-78H,4-17,19-20,22-25,28,31-63H2,1-3H3,(H,79,80)/b21-18-,29-26-,30-27-. The van der Waals surface area contributed by atoms with Gasteiger partial charge in [0.15, 0.2) is 24.6 Å². The van der Waals surface area contributed by atoms with Crippen molar-refractivity contribution < 1.29 is 58.2 Å². The molecule has 1 saturated heterocycles. The van der Waals surface area contributed by atoms with E-state index in [1.54, 1.807) is 0 Å². The molecule has 1 heterocycles. The van der Waals surface area contributed by atoms with Crippen molar-refractivity contribution in [3.05, 3.63) is 36.5 Å². The van der Waals surface area contributed by atoms with Crippen molar-refractivity contribution in [1.29, 1.82) is 0 Å². The molecule has 496 valence electrons. The number of carbonyl (C=O) groups excluding carboxylic acids is 3. The molecule has 0 amide bonds. The van der Waals surface area contributed by atoms with Crippen LogP contribution in [0.3, 0.4) is 0 Å². The molecule has 12 heteroatoms. The minimum absolute atomic E-state index is 0.0611. The first-order valence-corrected chi connectivity index (χ1v) is 36.0. The molecule has 0 saturated carbocycles. The van der Waals surface area contributed by atoms with Gasteiger partial charge in [0.1, 0.15) is 18.8 Å². The third-order valence-electron chi connectivity index (χ3n) is 16.7. The molecule has 0 aliphatic carbocycles. The molecule has 0 aromatic heterocycles. The highest BCUT2D eigenvalue weighted by Crippen LogP contribution is 2.27. The highest BCUT2D eigenvalue weighted by molar-refractivity contribution is 5.74. The first-order valence-electron chi connectivity index (χ1n) is 36.0. The Morgan fingerprint density at radius 3 is 1.09 bits per heavy atom. The third-order valence-corrected chi connectivity index (χ3v) is 16.7. The quantitative estimate of drug-likeness (QED) is 0.0228. The maximum Gasteiger partial charge on any atom is 0.335 e. The zero-order valence-electron chi connectivity index (χ0n) is 55.1. The Balaban J connectivity index is 2.61. The van der Waals surface area contributed by atoms with Crippen LogP contribution in [0.2, 0.25) is 0 Å². The maximum absolute atomic E-state index is 13.2. The van der Waals surface area contributed by atoms with Gasteiger partial charge in [0.25, 0.3) is 0 Å². The SMILES string of the molecule is CCCCC/C=C\C/C=C\CCCCCCCCCC(=O)OC(COC(=O)CCCCCCCCCCCCCCCCCCCCC)COC1OC(C(=O)O)C(O)C(O)C1OC(=O)CCCCCCCCCCC/C=C\CCCCCCCC. The van der Waals surface area contributed by atoms with E-state index >= 15 is 0 Å². The fraction of sp³-hybridized carbons (Fsp3) is 0.863. The third kappa shape index (κ3) is 50.5. The average Bonchev–Trinajstić information content (AvgIpc) is 3.53. The molecule has 0 radical (unpaired) electrons. The summed E-state index contributed by atoms with van der Waals surface area (Å²) in [5.74, 6) is -3.09. The smallest absolute Gasteiger partial charge is 0.335 e. The molecule has 1 fully saturated rings. The highest BCUT2D eigenvalue weighted by atomic mass is 16.7. The van der Waals surface area contributed by atoms with E-state index in [9.17, 15) is 34.5 Å². The zero-order valence-corrected chi connectivity index (χ0v) is 55.1. The fourth-order valence-electron chi connectivity index (χ4n) is 11.2. The number of hydrogen-bond donors (Lipinski definition) is 3. The molecule has 0 spiro atoms. The summed E-state index contributed by atoms with van der Waals surface area (Å²) in [7, 11) is 0. The maximum atomic E-state index is 13.2. The van der Waals surface area contributed by atoms with Gasteiger partial charge in [-0.15, -0.1) is 0 Å². The van der Waals surface area contributed by atoms with Crippen molar-refractivity contribution in [1.82, 2.24) is 0 Å². The van der Waals surface area contributed by atoms with Crippen LogP contribution in [-0.4, -0.2) is 89.2 Å². The molecular weight excluding hydrogens is 1070 g/mol. The van der Waals surface area contributed by atoms with E-state index in [0.29, 0.717) is 19.3 Å². The molecule has 6 atom stereocenters. The fourth-order valence-corrected chi connectivity index (χ4v) is 11.2. The lowest BCUT2D eigenvalue weighted by Gasteiger charge is -2.40. The Hall–Kier alpha value is -3.06. The lowest BCUT2D eigenvalue weighted by atomic mass is 9.98. The summed E-state index contributed by atoms with van der Waals surface area (Å²) < 4.78 is 28.7. The van der Waals surface area contributed by atoms with Gasteiger partial charge in [-0.25, -0.2) is 4.79 Å². The van der Waals surface area contributed by atoms with Crippen LogP contribution in [0.1, 0.15) is 355 Å². The Morgan fingerprint density at radius 1 is 0.388 bits per heavy atom.